The van der Waals surface area contributed by atoms with Crippen molar-refractivity contribution in [3.63, 3.8) is 0 Å². The molecule has 0 bridgehead atoms. The molecule has 1 heterocycles. The normalized spacial score (nSPS) is 11.6. The van der Waals surface area contributed by atoms with Gasteiger partial charge in [-0.2, -0.15) is 13.2 Å². The highest BCUT2D eigenvalue weighted by molar-refractivity contribution is 5.92. The summed E-state index contributed by atoms with van der Waals surface area (Å²) in [7, 11) is 0. The number of halogens is 3. The van der Waals surface area contributed by atoms with Crippen LogP contribution in [0.5, 0.6) is 11.5 Å². The minimum Gasteiger partial charge on any atom is -0.508 e. The van der Waals surface area contributed by atoms with E-state index in [9.17, 15) is 23.1 Å². The summed E-state index contributed by atoms with van der Waals surface area (Å²) in [5, 5.41) is 9.44. The molecule has 0 unspecified atom stereocenters. The minimum absolute atomic E-state index is 0.0692. The summed E-state index contributed by atoms with van der Waals surface area (Å²) in [5.41, 5.74) is 0.255. The summed E-state index contributed by atoms with van der Waals surface area (Å²) in [5.74, 6) is -3.00. The number of carbonyl (C=O) groups is 1. The van der Waals surface area contributed by atoms with Crippen LogP contribution in [0.2, 0.25) is 0 Å². The lowest BCUT2D eigenvalue weighted by Gasteiger charge is -2.12. The van der Waals surface area contributed by atoms with Crippen molar-refractivity contribution in [2.24, 2.45) is 0 Å². The standard InChI is InChI=1S/C16H9F3O4/c17-16(18,19)14-8-13(11-6-10(20)7-12(11)22-14)23-15(21)9-4-2-1-3-5-9/h1-8,20H. The number of carbonyl (C=O) groups excluding carboxylic acids is 1. The average molecular weight is 322 g/mol. The third-order valence-electron chi connectivity index (χ3n) is 3.08. The molecule has 0 spiro atoms. The van der Waals surface area contributed by atoms with Crippen LogP contribution in [-0.2, 0) is 6.18 Å². The maximum absolute atomic E-state index is 12.9. The first-order valence-corrected chi connectivity index (χ1v) is 6.45. The Balaban J connectivity index is 2.04. The van der Waals surface area contributed by atoms with Gasteiger partial charge in [0, 0.05) is 12.1 Å². The topological polar surface area (TPSA) is 59.7 Å². The van der Waals surface area contributed by atoms with Crippen LogP contribution in [0.15, 0.2) is 52.9 Å². The molecule has 1 N–H and O–H groups in total. The molecule has 4 nitrogen and oxygen atoms in total. The summed E-state index contributed by atoms with van der Waals surface area (Å²) in [6, 6.07) is 10.6. The van der Waals surface area contributed by atoms with Crippen LogP contribution in [0.1, 0.15) is 16.1 Å². The van der Waals surface area contributed by atoms with E-state index in [1.165, 1.54) is 12.1 Å². The van der Waals surface area contributed by atoms with Gasteiger partial charge in [-0.05, 0) is 18.2 Å². The molecule has 0 amide bonds. The Morgan fingerprint density at radius 3 is 2.43 bits per heavy atom. The maximum atomic E-state index is 12.9. The molecule has 0 saturated heterocycles. The van der Waals surface area contributed by atoms with Crippen LogP contribution < -0.4 is 4.74 Å². The van der Waals surface area contributed by atoms with Gasteiger partial charge < -0.3 is 14.3 Å². The zero-order chi connectivity index (χ0) is 16.6. The smallest absolute Gasteiger partial charge is 0.449 e. The van der Waals surface area contributed by atoms with Gasteiger partial charge in [-0.1, -0.05) is 18.2 Å². The summed E-state index contributed by atoms with van der Waals surface area (Å²) in [4.78, 5) is 12.0. The molecule has 1 aliphatic heterocycles. The van der Waals surface area contributed by atoms with Gasteiger partial charge in [0.2, 0.25) is 5.76 Å². The monoisotopic (exact) mass is 322 g/mol. The Morgan fingerprint density at radius 1 is 1.09 bits per heavy atom. The number of hydrogen-bond acceptors (Lipinski definition) is 4. The van der Waals surface area contributed by atoms with Gasteiger partial charge >= 0.3 is 12.1 Å². The van der Waals surface area contributed by atoms with Gasteiger partial charge in [-0.15, -0.1) is 0 Å². The third-order valence-corrected chi connectivity index (χ3v) is 3.08. The lowest BCUT2D eigenvalue weighted by molar-refractivity contribution is -0.153. The van der Waals surface area contributed by atoms with E-state index in [4.69, 9.17) is 9.15 Å². The van der Waals surface area contributed by atoms with Crippen LogP contribution in [0.3, 0.4) is 0 Å². The number of aromatic hydroxyl groups is 1. The molecule has 0 saturated carbocycles. The molecule has 1 aromatic carbocycles. The predicted molar refractivity (Wildman–Crippen MR) is 73.4 cm³/mol. The number of hydrogen-bond donors (Lipinski definition) is 1. The van der Waals surface area contributed by atoms with Crippen LogP contribution >= 0.6 is 0 Å². The van der Waals surface area contributed by atoms with Crippen molar-refractivity contribution in [3.05, 3.63) is 59.9 Å². The second-order valence-electron chi connectivity index (χ2n) is 4.72. The van der Waals surface area contributed by atoms with Crippen LogP contribution in [0.25, 0.3) is 11.3 Å². The fourth-order valence-corrected chi connectivity index (χ4v) is 2.05. The Morgan fingerprint density at radius 2 is 1.78 bits per heavy atom. The summed E-state index contributed by atoms with van der Waals surface area (Å²) in [6.07, 6.45) is -4.75. The molecule has 1 aliphatic carbocycles. The molecule has 23 heavy (non-hydrogen) atoms. The highest BCUT2D eigenvalue weighted by Gasteiger charge is 2.36. The summed E-state index contributed by atoms with van der Waals surface area (Å²) < 4.78 is 48.4. The van der Waals surface area contributed by atoms with E-state index in [1.54, 1.807) is 18.2 Å². The van der Waals surface area contributed by atoms with Crippen LogP contribution in [0.4, 0.5) is 13.2 Å². The zero-order valence-corrected chi connectivity index (χ0v) is 11.4. The van der Waals surface area contributed by atoms with Crippen molar-refractivity contribution >= 4 is 5.97 Å². The summed E-state index contributed by atoms with van der Waals surface area (Å²) in [6.45, 7) is 0. The molecular weight excluding hydrogens is 313 g/mol. The Bertz CT molecular complexity index is 821. The molecule has 3 rings (SSSR count). The molecule has 118 valence electrons. The second-order valence-corrected chi connectivity index (χ2v) is 4.72. The number of benzene rings is 1. The van der Waals surface area contributed by atoms with Crippen LogP contribution in [0, 0.1) is 0 Å². The van der Waals surface area contributed by atoms with Crippen molar-refractivity contribution in [3.8, 4) is 22.8 Å². The Labute approximate surface area is 128 Å². The summed E-state index contributed by atoms with van der Waals surface area (Å²) >= 11 is 0. The van der Waals surface area contributed by atoms with Crippen molar-refractivity contribution in [1.82, 2.24) is 0 Å². The predicted octanol–water partition coefficient (Wildman–Crippen LogP) is 4.33. The van der Waals surface area contributed by atoms with Gasteiger partial charge in [0.15, 0.2) is 0 Å². The zero-order valence-electron chi connectivity index (χ0n) is 11.4. The number of esters is 1. The van der Waals surface area contributed by atoms with Gasteiger partial charge in [0.05, 0.1) is 11.1 Å². The maximum Gasteiger partial charge on any atom is 0.449 e. The van der Waals surface area contributed by atoms with Crippen molar-refractivity contribution in [1.29, 1.82) is 0 Å². The molecule has 7 heteroatoms. The largest absolute Gasteiger partial charge is 0.508 e. The van der Waals surface area contributed by atoms with E-state index in [-0.39, 0.29) is 28.4 Å². The fourth-order valence-electron chi connectivity index (χ4n) is 2.05. The molecule has 2 aliphatic rings. The lowest BCUT2D eigenvalue weighted by atomic mass is 10.2. The van der Waals surface area contributed by atoms with E-state index >= 15 is 0 Å². The molecule has 0 fully saturated rings. The van der Waals surface area contributed by atoms with E-state index in [0.29, 0.717) is 6.07 Å². The fraction of sp³-hybridized carbons (Fsp3) is 0.0625. The van der Waals surface area contributed by atoms with Crippen molar-refractivity contribution in [2.75, 3.05) is 0 Å². The number of ether oxygens (including phenoxy) is 1. The van der Waals surface area contributed by atoms with E-state index in [0.717, 1.165) is 12.1 Å². The highest BCUT2D eigenvalue weighted by atomic mass is 19.4. The SMILES string of the molecule is O=C(Oc1cc(C(F)(F)F)oc2cc(O)cc1-2)c1ccccc1. The van der Waals surface area contributed by atoms with Crippen LogP contribution in [-0.4, -0.2) is 11.1 Å². The molecule has 1 aromatic rings. The number of fused-ring (bicyclic) bond motifs is 1. The molecular formula is C16H9F3O4. The number of alkyl halides is 3. The highest BCUT2D eigenvalue weighted by Crippen LogP contribution is 2.43. The van der Waals surface area contributed by atoms with E-state index in [2.05, 4.69) is 0 Å². The molecule has 0 atom stereocenters. The first-order valence-electron chi connectivity index (χ1n) is 6.45. The average Bonchev–Trinajstić information content (AvgIpc) is 2.87. The van der Waals surface area contributed by atoms with E-state index < -0.39 is 17.9 Å². The lowest BCUT2D eigenvalue weighted by Crippen LogP contribution is -2.11. The second kappa shape index (κ2) is 5.35. The van der Waals surface area contributed by atoms with Gasteiger partial charge in [-0.3, -0.25) is 0 Å². The van der Waals surface area contributed by atoms with Gasteiger partial charge in [0.1, 0.15) is 17.3 Å². The molecule has 0 aromatic heterocycles. The van der Waals surface area contributed by atoms with Gasteiger partial charge in [0.25, 0.3) is 0 Å². The Kier molecular flexibility index (Phi) is 3.48. The first-order chi connectivity index (χ1) is 10.8. The minimum atomic E-state index is -4.75. The quantitative estimate of drug-likeness (QED) is 0.714. The number of rotatable bonds is 2. The van der Waals surface area contributed by atoms with Gasteiger partial charge in [-0.25, -0.2) is 4.79 Å². The molecule has 0 radical (unpaired) electrons. The Hall–Kier alpha value is -2.96. The third kappa shape index (κ3) is 2.98. The van der Waals surface area contributed by atoms with E-state index in [1.807, 2.05) is 0 Å². The van der Waals surface area contributed by atoms with Crippen molar-refractivity contribution < 1.29 is 32.2 Å². The van der Waals surface area contributed by atoms with Crippen molar-refractivity contribution in [2.45, 2.75) is 6.18 Å². The first kappa shape index (κ1) is 15.0.